The van der Waals surface area contributed by atoms with Gasteiger partial charge in [0.05, 0.1) is 11.0 Å². The number of carbonyl (C=O) groups is 1. The number of hydrogen-bond acceptors (Lipinski definition) is 4. The predicted molar refractivity (Wildman–Crippen MR) is 107 cm³/mol. The third-order valence-corrected chi connectivity index (χ3v) is 6.11. The fourth-order valence-electron chi connectivity index (χ4n) is 4.63. The summed E-state index contributed by atoms with van der Waals surface area (Å²) < 4.78 is 2.40. The van der Waals surface area contributed by atoms with Crippen LogP contribution >= 0.6 is 0 Å². The van der Waals surface area contributed by atoms with Gasteiger partial charge in [-0.15, -0.1) is 0 Å². The Kier molecular flexibility index (Phi) is 4.39. The first kappa shape index (κ1) is 17.4. The van der Waals surface area contributed by atoms with Gasteiger partial charge < -0.3 is 14.8 Å². The highest BCUT2D eigenvalue weighted by Gasteiger charge is 2.30. The highest BCUT2D eigenvalue weighted by molar-refractivity contribution is 5.94. The molecule has 0 saturated carbocycles. The van der Waals surface area contributed by atoms with Crippen LogP contribution in [0.3, 0.4) is 0 Å². The van der Waals surface area contributed by atoms with Crippen molar-refractivity contribution < 1.29 is 4.79 Å². The lowest BCUT2D eigenvalue weighted by molar-refractivity contribution is 0.0688. The summed E-state index contributed by atoms with van der Waals surface area (Å²) in [5.41, 5.74) is 5.02. The number of aryl methyl sites for hydroxylation is 1. The van der Waals surface area contributed by atoms with Gasteiger partial charge in [0.25, 0.3) is 5.91 Å². The van der Waals surface area contributed by atoms with E-state index in [0.29, 0.717) is 11.7 Å². The largest absolute Gasteiger partial charge is 0.337 e. The summed E-state index contributed by atoms with van der Waals surface area (Å²) in [6.07, 6.45) is 3.72. The molecule has 3 aromatic rings. The SMILES string of the molecule is CCc1nc2ccccc2n1C1CCN(C(=O)c2n[nH]c3c2CNCC3)CC1. The molecule has 28 heavy (non-hydrogen) atoms. The minimum Gasteiger partial charge on any atom is -0.337 e. The van der Waals surface area contributed by atoms with Crippen molar-refractivity contribution in [1.82, 2.24) is 30.0 Å². The first-order valence-corrected chi connectivity index (χ1v) is 10.3. The van der Waals surface area contributed by atoms with Crippen LogP contribution in [-0.2, 0) is 19.4 Å². The molecular weight excluding hydrogens is 352 g/mol. The Morgan fingerprint density at radius 2 is 2.07 bits per heavy atom. The second-order valence-corrected chi connectivity index (χ2v) is 7.72. The number of carbonyl (C=O) groups excluding carboxylic acids is 1. The van der Waals surface area contributed by atoms with Gasteiger partial charge in [0.1, 0.15) is 5.82 Å². The predicted octanol–water partition coefficient (Wildman–Crippen LogP) is 2.44. The summed E-state index contributed by atoms with van der Waals surface area (Å²) in [4.78, 5) is 19.8. The van der Waals surface area contributed by atoms with Crippen LogP contribution in [0.25, 0.3) is 11.0 Å². The van der Waals surface area contributed by atoms with Crippen molar-refractivity contribution in [3.63, 3.8) is 0 Å². The lowest BCUT2D eigenvalue weighted by Crippen LogP contribution is -2.40. The van der Waals surface area contributed by atoms with Crippen molar-refractivity contribution in [1.29, 1.82) is 0 Å². The number of rotatable bonds is 3. The zero-order valence-electron chi connectivity index (χ0n) is 16.2. The van der Waals surface area contributed by atoms with E-state index in [1.54, 1.807) is 0 Å². The van der Waals surface area contributed by atoms with Crippen molar-refractivity contribution in [2.75, 3.05) is 19.6 Å². The molecule has 0 spiro atoms. The maximum absolute atomic E-state index is 13.1. The molecule has 2 aliphatic rings. The second kappa shape index (κ2) is 7.05. The maximum atomic E-state index is 13.1. The number of hydrogen-bond donors (Lipinski definition) is 2. The van der Waals surface area contributed by atoms with Gasteiger partial charge in [-0.2, -0.15) is 5.10 Å². The number of benzene rings is 1. The molecule has 1 saturated heterocycles. The van der Waals surface area contributed by atoms with Gasteiger partial charge in [0.2, 0.25) is 0 Å². The highest BCUT2D eigenvalue weighted by atomic mass is 16.2. The van der Waals surface area contributed by atoms with Gasteiger partial charge in [-0.05, 0) is 25.0 Å². The van der Waals surface area contributed by atoms with E-state index in [9.17, 15) is 4.79 Å². The van der Waals surface area contributed by atoms with Crippen molar-refractivity contribution >= 4 is 16.9 Å². The van der Waals surface area contributed by atoms with Crippen molar-refractivity contribution in [3.8, 4) is 0 Å². The highest BCUT2D eigenvalue weighted by Crippen LogP contribution is 2.30. The van der Waals surface area contributed by atoms with Crippen molar-refractivity contribution in [3.05, 3.63) is 47.0 Å². The van der Waals surface area contributed by atoms with Crippen molar-refractivity contribution in [2.24, 2.45) is 0 Å². The molecule has 0 radical (unpaired) electrons. The maximum Gasteiger partial charge on any atom is 0.274 e. The van der Waals surface area contributed by atoms with E-state index in [4.69, 9.17) is 4.98 Å². The molecule has 5 rings (SSSR count). The summed E-state index contributed by atoms with van der Waals surface area (Å²) in [6.45, 7) is 5.34. The Bertz CT molecular complexity index is 1010. The monoisotopic (exact) mass is 378 g/mol. The lowest BCUT2D eigenvalue weighted by Gasteiger charge is -2.33. The zero-order valence-corrected chi connectivity index (χ0v) is 16.2. The number of likely N-dealkylation sites (tertiary alicyclic amines) is 1. The van der Waals surface area contributed by atoms with Crippen LogP contribution in [0.5, 0.6) is 0 Å². The number of fused-ring (bicyclic) bond motifs is 2. The first-order valence-electron chi connectivity index (χ1n) is 10.3. The minimum atomic E-state index is 0.0610. The summed E-state index contributed by atoms with van der Waals surface area (Å²) in [6, 6.07) is 8.74. The number of nitrogens with one attached hydrogen (secondary N) is 2. The smallest absolute Gasteiger partial charge is 0.274 e. The second-order valence-electron chi connectivity index (χ2n) is 7.72. The van der Waals surface area contributed by atoms with Gasteiger partial charge >= 0.3 is 0 Å². The van der Waals surface area contributed by atoms with E-state index in [1.807, 2.05) is 11.0 Å². The number of amides is 1. The molecule has 146 valence electrons. The lowest BCUT2D eigenvalue weighted by atomic mass is 10.0. The summed E-state index contributed by atoms with van der Waals surface area (Å²) in [7, 11) is 0. The quantitative estimate of drug-likeness (QED) is 0.734. The number of piperidine rings is 1. The molecule has 1 amide bonds. The fourth-order valence-corrected chi connectivity index (χ4v) is 4.63. The molecule has 7 nitrogen and oxygen atoms in total. The van der Waals surface area contributed by atoms with Gasteiger partial charge in [-0.3, -0.25) is 9.89 Å². The van der Waals surface area contributed by atoms with E-state index >= 15 is 0 Å². The van der Waals surface area contributed by atoms with E-state index in [0.717, 1.165) is 74.5 Å². The summed E-state index contributed by atoms with van der Waals surface area (Å²) >= 11 is 0. The molecule has 4 heterocycles. The standard InChI is InChI=1S/C21H26N6O/c1-2-19-23-17-5-3-4-6-18(17)27(19)14-8-11-26(12-9-14)21(28)20-15-13-22-10-7-16(15)24-25-20/h3-6,14,22H,2,7-13H2,1H3,(H,24,25). The minimum absolute atomic E-state index is 0.0610. The molecule has 0 bridgehead atoms. The van der Waals surface area contributed by atoms with E-state index in [1.165, 1.54) is 5.52 Å². The number of H-pyrrole nitrogens is 1. The molecule has 0 atom stereocenters. The zero-order chi connectivity index (χ0) is 19.1. The van der Waals surface area contributed by atoms with Gasteiger partial charge in [-0.25, -0.2) is 4.98 Å². The van der Waals surface area contributed by atoms with Crippen LogP contribution in [0.15, 0.2) is 24.3 Å². The third-order valence-electron chi connectivity index (χ3n) is 6.11. The molecule has 0 unspecified atom stereocenters. The molecular formula is C21H26N6O. The van der Waals surface area contributed by atoms with Crippen LogP contribution in [0.1, 0.15) is 53.4 Å². The number of nitrogens with zero attached hydrogens (tertiary/aromatic N) is 4. The Labute approximate surface area is 164 Å². The topological polar surface area (TPSA) is 78.8 Å². The van der Waals surface area contributed by atoms with Crippen LogP contribution < -0.4 is 5.32 Å². The number of imidazole rings is 1. The average Bonchev–Trinajstić information content (AvgIpc) is 3.35. The van der Waals surface area contributed by atoms with Crippen LogP contribution in [0.4, 0.5) is 0 Å². The Hall–Kier alpha value is -2.67. The Balaban J connectivity index is 1.34. The number of aromatic nitrogens is 4. The molecule has 1 fully saturated rings. The van der Waals surface area contributed by atoms with Gasteiger partial charge in [-0.1, -0.05) is 19.1 Å². The van der Waals surface area contributed by atoms with E-state index < -0.39 is 0 Å². The Morgan fingerprint density at radius 3 is 2.89 bits per heavy atom. The van der Waals surface area contributed by atoms with Crippen LogP contribution in [-0.4, -0.2) is 50.2 Å². The van der Waals surface area contributed by atoms with Crippen molar-refractivity contribution in [2.45, 2.75) is 45.2 Å². The summed E-state index contributed by atoms with van der Waals surface area (Å²) in [5, 5.41) is 10.7. The van der Waals surface area contributed by atoms with Crippen LogP contribution in [0, 0.1) is 0 Å². The third kappa shape index (κ3) is 2.81. The molecule has 7 heteroatoms. The molecule has 2 aromatic heterocycles. The molecule has 2 N–H and O–H groups in total. The van der Waals surface area contributed by atoms with E-state index in [2.05, 4.69) is 45.2 Å². The first-order chi connectivity index (χ1) is 13.8. The average molecular weight is 378 g/mol. The number of aromatic amines is 1. The fraction of sp³-hybridized carbons (Fsp3) is 0.476. The van der Waals surface area contributed by atoms with Crippen LogP contribution in [0.2, 0.25) is 0 Å². The summed E-state index contributed by atoms with van der Waals surface area (Å²) in [5.74, 6) is 1.20. The normalized spacial score (nSPS) is 17.8. The molecule has 1 aromatic carbocycles. The van der Waals surface area contributed by atoms with Gasteiger partial charge in [0, 0.05) is 56.3 Å². The molecule has 0 aliphatic carbocycles. The molecule has 2 aliphatic heterocycles. The van der Waals surface area contributed by atoms with E-state index in [-0.39, 0.29) is 5.91 Å². The Morgan fingerprint density at radius 1 is 1.25 bits per heavy atom. The van der Waals surface area contributed by atoms with Gasteiger partial charge in [0.15, 0.2) is 5.69 Å². The number of para-hydroxylation sites is 2.